The highest BCUT2D eigenvalue weighted by Gasteiger charge is 2.53. The summed E-state index contributed by atoms with van der Waals surface area (Å²) in [5.41, 5.74) is 24.0. The second-order valence-corrected chi connectivity index (χ2v) is 20.8. The van der Waals surface area contributed by atoms with Crippen LogP contribution in [0.3, 0.4) is 0 Å². The first kappa shape index (κ1) is 40.8. The van der Waals surface area contributed by atoms with Gasteiger partial charge in [0.05, 0.1) is 5.41 Å². The topological polar surface area (TPSA) is 3.24 Å². The van der Waals surface area contributed by atoms with Gasteiger partial charge in [-0.2, -0.15) is 0 Å². The van der Waals surface area contributed by atoms with Crippen molar-refractivity contribution in [2.45, 2.75) is 43.9 Å². The van der Waals surface area contributed by atoms with Crippen LogP contribution in [0.1, 0.15) is 72.2 Å². The monoisotopic (exact) mass is 893 g/mol. The molecule has 11 aromatic carbocycles. The number of anilines is 3. The third kappa shape index (κ3) is 5.67. The van der Waals surface area contributed by atoms with Crippen molar-refractivity contribution in [2.24, 2.45) is 0 Å². The fraction of sp³-hybridized carbons (Fsp3) is 0.101. The molecule has 0 bridgehead atoms. The fourth-order valence-corrected chi connectivity index (χ4v) is 13.1. The zero-order chi connectivity index (χ0) is 46.9. The number of benzene rings is 11. The first-order valence-corrected chi connectivity index (χ1v) is 24.8. The van der Waals surface area contributed by atoms with Gasteiger partial charge >= 0.3 is 0 Å². The van der Waals surface area contributed by atoms with E-state index in [1.807, 2.05) is 0 Å². The molecule has 1 heteroatoms. The summed E-state index contributed by atoms with van der Waals surface area (Å²) in [6, 6.07) is 89.2. The summed E-state index contributed by atoms with van der Waals surface area (Å²) in [6.45, 7) is 9.51. The minimum Gasteiger partial charge on any atom is -0.310 e. The quantitative estimate of drug-likeness (QED) is 0.156. The SMILES string of the molecule is CC1(C)c2ccccc2-c2ccc(N(c3ccc(-c4ccccc4)cc3)c3ccc4c(ccc5cc(-c6ccc7c(c6)C6(c8ccccc8-7)c7ccccc7C(C)(C)c7ccccc76)ccc54)c3)cc21. The molecule has 1 nitrogen and oxygen atoms in total. The minimum atomic E-state index is -0.422. The van der Waals surface area contributed by atoms with E-state index in [1.165, 1.54) is 111 Å². The summed E-state index contributed by atoms with van der Waals surface area (Å²) in [6.07, 6.45) is 0. The van der Waals surface area contributed by atoms with Gasteiger partial charge in [-0.15, -0.1) is 0 Å². The highest BCUT2D eigenvalue weighted by Crippen LogP contribution is 2.62. The summed E-state index contributed by atoms with van der Waals surface area (Å²) >= 11 is 0. The van der Waals surface area contributed by atoms with Crippen LogP contribution in [-0.2, 0) is 16.2 Å². The van der Waals surface area contributed by atoms with Crippen LogP contribution >= 0.6 is 0 Å². The molecule has 0 saturated heterocycles. The van der Waals surface area contributed by atoms with Crippen LogP contribution in [0.25, 0.3) is 66.1 Å². The minimum absolute atomic E-state index is 0.109. The van der Waals surface area contributed by atoms with Gasteiger partial charge in [-0.1, -0.05) is 216 Å². The van der Waals surface area contributed by atoms with Gasteiger partial charge in [0, 0.05) is 27.9 Å². The van der Waals surface area contributed by atoms with Gasteiger partial charge < -0.3 is 4.90 Å². The van der Waals surface area contributed by atoms with E-state index in [1.54, 1.807) is 0 Å². The molecular formula is C69H51N. The lowest BCUT2D eigenvalue weighted by Crippen LogP contribution is -2.40. The van der Waals surface area contributed by atoms with Crippen molar-refractivity contribution in [1.82, 2.24) is 0 Å². The Morgan fingerprint density at radius 1 is 0.257 bits per heavy atom. The van der Waals surface area contributed by atoms with Crippen LogP contribution in [0, 0.1) is 0 Å². The molecule has 0 radical (unpaired) electrons. The van der Waals surface area contributed by atoms with Crippen molar-refractivity contribution < 1.29 is 0 Å². The third-order valence-electron chi connectivity index (χ3n) is 16.5. The molecular weight excluding hydrogens is 843 g/mol. The highest BCUT2D eigenvalue weighted by atomic mass is 15.1. The average molecular weight is 894 g/mol. The van der Waals surface area contributed by atoms with Crippen molar-refractivity contribution in [2.75, 3.05) is 4.90 Å². The second kappa shape index (κ2) is 14.9. The molecule has 0 aromatic heterocycles. The van der Waals surface area contributed by atoms with Crippen LogP contribution in [-0.4, -0.2) is 0 Å². The molecule has 11 aromatic rings. The Morgan fingerprint density at radius 2 is 0.686 bits per heavy atom. The standard InChI is InChI=1S/C69H51N/c1-67(2)59-20-10-8-18-55(59)57-39-35-52(43-65(57)67)70(50-32-28-45(29-33-50)44-16-6-5-7-17-44)51-34-38-54-49(41-51)27-26-48-40-46(30-36-53(48)54)47-31-37-58-56-19-9-11-21-60(56)69(66(58)42-47)63-24-14-12-22-61(63)68(3,4)62-23-13-15-25-64(62)69/h5-43H,1-4H3. The second-order valence-electron chi connectivity index (χ2n) is 20.8. The highest BCUT2D eigenvalue weighted by molar-refractivity contribution is 6.10. The molecule has 70 heavy (non-hydrogen) atoms. The van der Waals surface area contributed by atoms with Crippen LogP contribution in [0.2, 0.25) is 0 Å². The van der Waals surface area contributed by atoms with Crippen molar-refractivity contribution in [3.8, 4) is 44.5 Å². The van der Waals surface area contributed by atoms with E-state index in [4.69, 9.17) is 0 Å². The molecule has 0 aliphatic heterocycles. The summed E-state index contributed by atoms with van der Waals surface area (Å²) in [5, 5.41) is 4.96. The van der Waals surface area contributed by atoms with Crippen LogP contribution < -0.4 is 4.90 Å². The lowest BCUT2D eigenvalue weighted by atomic mass is 9.55. The van der Waals surface area contributed by atoms with Gasteiger partial charge in [-0.05, 0) is 159 Å². The van der Waals surface area contributed by atoms with Gasteiger partial charge in [0.2, 0.25) is 0 Å². The maximum Gasteiger partial charge on any atom is 0.0719 e. The van der Waals surface area contributed by atoms with E-state index in [-0.39, 0.29) is 10.8 Å². The number of hydrogen-bond acceptors (Lipinski definition) is 1. The summed E-state index contributed by atoms with van der Waals surface area (Å²) < 4.78 is 0. The average Bonchev–Trinajstić information content (AvgIpc) is 3.83. The Hall–Kier alpha value is -8.26. The molecule has 0 saturated carbocycles. The van der Waals surface area contributed by atoms with E-state index >= 15 is 0 Å². The van der Waals surface area contributed by atoms with Crippen molar-refractivity contribution >= 4 is 38.6 Å². The molecule has 1 spiro atoms. The lowest BCUT2D eigenvalue weighted by Gasteiger charge is -2.46. The maximum atomic E-state index is 2.51. The predicted molar refractivity (Wildman–Crippen MR) is 294 cm³/mol. The number of nitrogens with zero attached hydrogens (tertiary/aromatic N) is 1. The molecule has 0 unspecified atom stereocenters. The Kier molecular flexibility index (Phi) is 8.66. The van der Waals surface area contributed by atoms with Crippen LogP contribution in [0.5, 0.6) is 0 Å². The zero-order valence-electron chi connectivity index (χ0n) is 40.0. The Balaban J connectivity index is 0.880. The first-order valence-electron chi connectivity index (χ1n) is 24.8. The molecule has 0 atom stereocenters. The molecule has 332 valence electrons. The lowest BCUT2D eigenvalue weighted by molar-refractivity contribution is 0.563. The largest absolute Gasteiger partial charge is 0.310 e. The Labute approximate surface area is 411 Å². The van der Waals surface area contributed by atoms with Gasteiger partial charge in [0.1, 0.15) is 0 Å². The van der Waals surface area contributed by atoms with Gasteiger partial charge in [-0.25, -0.2) is 0 Å². The van der Waals surface area contributed by atoms with Crippen LogP contribution in [0.4, 0.5) is 17.1 Å². The Bertz CT molecular complexity index is 3900. The summed E-state index contributed by atoms with van der Waals surface area (Å²) in [5.74, 6) is 0. The normalized spacial score (nSPS) is 14.9. The zero-order valence-corrected chi connectivity index (χ0v) is 40.0. The fourth-order valence-electron chi connectivity index (χ4n) is 13.1. The molecule has 0 amide bonds. The van der Waals surface area contributed by atoms with Gasteiger partial charge in [0.25, 0.3) is 0 Å². The van der Waals surface area contributed by atoms with E-state index in [2.05, 4.69) is 269 Å². The molecule has 3 aliphatic rings. The van der Waals surface area contributed by atoms with Crippen molar-refractivity contribution in [1.29, 1.82) is 0 Å². The molecule has 0 N–H and O–H groups in total. The van der Waals surface area contributed by atoms with Crippen molar-refractivity contribution in [3.05, 3.63) is 281 Å². The van der Waals surface area contributed by atoms with E-state index < -0.39 is 5.41 Å². The Morgan fingerprint density at radius 3 is 1.39 bits per heavy atom. The third-order valence-corrected chi connectivity index (χ3v) is 16.5. The first-order chi connectivity index (χ1) is 34.2. The van der Waals surface area contributed by atoms with E-state index in [0.29, 0.717) is 0 Å². The summed E-state index contributed by atoms with van der Waals surface area (Å²) in [4.78, 5) is 2.43. The van der Waals surface area contributed by atoms with Gasteiger partial charge in [-0.3, -0.25) is 0 Å². The smallest absolute Gasteiger partial charge is 0.0719 e. The number of hydrogen-bond donors (Lipinski definition) is 0. The maximum absolute atomic E-state index is 2.51. The van der Waals surface area contributed by atoms with Gasteiger partial charge in [0.15, 0.2) is 0 Å². The predicted octanol–water partition coefficient (Wildman–Crippen LogP) is 18.1. The van der Waals surface area contributed by atoms with E-state index in [0.717, 1.165) is 17.1 Å². The molecule has 14 rings (SSSR count). The number of rotatable bonds is 5. The summed E-state index contributed by atoms with van der Waals surface area (Å²) in [7, 11) is 0. The molecule has 0 fully saturated rings. The van der Waals surface area contributed by atoms with Crippen LogP contribution in [0.15, 0.2) is 237 Å². The molecule has 0 heterocycles. The molecule has 3 aliphatic carbocycles. The number of fused-ring (bicyclic) bond motifs is 15. The van der Waals surface area contributed by atoms with E-state index in [9.17, 15) is 0 Å². The van der Waals surface area contributed by atoms with Crippen molar-refractivity contribution in [3.63, 3.8) is 0 Å².